The first-order chi connectivity index (χ1) is 9.11. The molecule has 19 heavy (non-hydrogen) atoms. The molecule has 0 aliphatic carbocycles. The van der Waals surface area contributed by atoms with Gasteiger partial charge in [-0.3, -0.25) is 4.79 Å². The Kier molecular flexibility index (Phi) is 4.82. The molecule has 5 heteroatoms. The number of thioether (sulfide) groups is 1. The molecule has 1 amide bonds. The molecule has 0 saturated carbocycles. The number of hydrogen-bond donors (Lipinski definition) is 2. The maximum absolute atomic E-state index is 13.4. The van der Waals surface area contributed by atoms with E-state index in [2.05, 4.69) is 10.6 Å². The fourth-order valence-corrected chi connectivity index (χ4v) is 3.33. The number of rotatable bonds is 4. The molecule has 1 heterocycles. The summed E-state index contributed by atoms with van der Waals surface area (Å²) in [5.41, 5.74) is 0.904. The molecule has 0 fully saturated rings. The third kappa shape index (κ3) is 3.48. The molecule has 2 rings (SSSR count). The van der Waals surface area contributed by atoms with E-state index in [0.29, 0.717) is 6.54 Å². The number of benzene rings is 1. The first-order valence-electron chi connectivity index (χ1n) is 6.49. The lowest BCUT2D eigenvalue weighted by atomic mass is 10.0. The summed E-state index contributed by atoms with van der Waals surface area (Å²) >= 11 is 1.72. The van der Waals surface area contributed by atoms with Gasteiger partial charge in [0, 0.05) is 23.1 Å². The van der Waals surface area contributed by atoms with Crippen LogP contribution in [0.3, 0.4) is 0 Å². The largest absolute Gasteiger partial charge is 0.349 e. The Bertz CT molecular complexity index is 467. The van der Waals surface area contributed by atoms with E-state index in [4.69, 9.17) is 0 Å². The second kappa shape index (κ2) is 6.39. The van der Waals surface area contributed by atoms with Gasteiger partial charge in [0.2, 0.25) is 5.91 Å². The zero-order chi connectivity index (χ0) is 13.8. The number of nitrogens with one attached hydrogen (secondary N) is 2. The molecule has 0 radical (unpaired) electrons. The minimum Gasteiger partial charge on any atom is -0.349 e. The van der Waals surface area contributed by atoms with E-state index in [1.165, 1.54) is 12.1 Å². The standard InChI is InChI=1S/C14H19FN2OS/c1-9(8-16-2)14(18)17-12-5-6-19-13-4-3-10(15)7-11(12)13/h3-4,7,9,12,16H,5-6,8H2,1-2H3,(H,17,18). The zero-order valence-corrected chi connectivity index (χ0v) is 12.0. The number of fused-ring (bicyclic) bond motifs is 1. The van der Waals surface area contributed by atoms with Gasteiger partial charge in [0.15, 0.2) is 0 Å². The third-order valence-corrected chi connectivity index (χ3v) is 4.41. The summed E-state index contributed by atoms with van der Waals surface area (Å²) in [6.07, 6.45) is 0.846. The van der Waals surface area contributed by atoms with Crippen LogP contribution in [0.5, 0.6) is 0 Å². The van der Waals surface area contributed by atoms with Crippen LogP contribution in [0.4, 0.5) is 4.39 Å². The van der Waals surface area contributed by atoms with Crippen LogP contribution in [0, 0.1) is 11.7 Å². The van der Waals surface area contributed by atoms with E-state index in [-0.39, 0.29) is 23.7 Å². The monoisotopic (exact) mass is 282 g/mol. The van der Waals surface area contributed by atoms with Crippen LogP contribution >= 0.6 is 11.8 Å². The predicted molar refractivity (Wildman–Crippen MR) is 75.7 cm³/mol. The minimum absolute atomic E-state index is 0.0152. The molecular weight excluding hydrogens is 263 g/mol. The molecule has 1 aliphatic heterocycles. The third-order valence-electron chi connectivity index (χ3n) is 3.29. The van der Waals surface area contributed by atoms with Gasteiger partial charge in [0.05, 0.1) is 6.04 Å². The van der Waals surface area contributed by atoms with Crippen molar-refractivity contribution in [3.63, 3.8) is 0 Å². The Labute approximate surface area is 117 Å². The van der Waals surface area contributed by atoms with Gasteiger partial charge in [-0.2, -0.15) is 0 Å². The summed E-state index contributed by atoms with van der Waals surface area (Å²) in [7, 11) is 1.83. The summed E-state index contributed by atoms with van der Waals surface area (Å²) in [5, 5.41) is 6.02. The Morgan fingerprint density at radius 1 is 1.58 bits per heavy atom. The van der Waals surface area contributed by atoms with Gasteiger partial charge in [0.1, 0.15) is 5.82 Å². The molecule has 0 saturated heterocycles. The van der Waals surface area contributed by atoms with Crippen LogP contribution in [0.15, 0.2) is 23.1 Å². The van der Waals surface area contributed by atoms with E-state index < -0.39 is 0 Å². The van der Waals surface area contributed by atoms with Crippen LogP contribution in [-0.2, 0) is 4.79 Å². The van der Waals surface area contributed by atoms with Crippen LogP contribution in [0.25, 0.3) is 0 Å². The number of carbonyl (C=O) groups excluding carboxylic acids is 1. The molecule has 104 valence electrons. The van der Waals surface area contributed by atoms with Crippen molar-refractivity contribution in [1.82, 2.24) is 10.6 Å². The second-order valence-electron chi connectivity index (χ2n) is 4.84. The molecule has 3 nitrogen and oxygen atoms in total. The quantitative estimate of drug-likeness (QED) is 0.890. The van der Waals surface area contributed by atoms with Crippen molar-refractivity contribution in [1.29, 1.82) is 0 Å². The average molecular weight is 282 g/mol. The lowest BCUT2D eigenvalue weighted by Crippen LogP contribution is -2.37. The minimum atomic E-state index is -0.247. The van der Waals surface area contributed by atoms with E-state index in [1.807, 2.05) is 14.0 Å². The van der Waals surface area contributed by atoms with Gasteiger partial charge in [-0.15, -0.1) is 11.8 Å². The van der Waals surface area contributed by atoms with Gasteiger partial charge < -0.3 is 10.6 Å². The average Bonchev–Trinajstić information content (AvgIpc) is 2.39. The summed E-state index contributed by atoms with van der Waals surface area (Å²) in [6, 6.07) is 4.73. The molecule has 0 bridgehead atoms. The Morgan fingerprint density at radius 3 is 3.11 bits per heavy atom. The number of amides is 1. The van der Waals surface area contributed by atoms with Crippen molar-refractivity contribution < 1.29 is 9.18 Å². The topological polar surface area (TPSA) is 41.1 Å². The van der Waals surface area contributed by atoms with E-state index in [0.717, 1.165) is 22.6 Å². The first-order valence-corrected chi connectivity index (χ1v) is 7.47. The van der Waals surface area contributed by atoms with Crippen molar-refractivity contribution in [3.8, 4) is 0 Å². The van der Waals surface area contributed by atoms with Gasteiger partial charge in [-0.05, 0) is 37.2 Å². The van der Waals surface area contributed by atoms with Crippen molar-refractivity contribution in [2.24, 2.45) is 5.92 Å². The van der Waals surface area contributed by atoms with Gasteiger partial charge in [-0.25, -0.2) is 4.39 Å². The molecule has 2 unspecified atom stereocenters. The van der Waals surface area contributed by atoms with Gasteiger partial charge in [0.25, 0.3) is 0 Å². The summed E-state index contributed by atoms with van der Waals surface area (Å²) in [6.45, 7) is 2.53. The van der Waals surface area contributed by atoms with Crippen LogP contribution in [0.2, 0.25) is 0 Å². The van der Waals surface area contributed by atoms with Crippen molar-refractivity contribution in [2.45, 2.75) is 24.3 Å². The van der Waals surface area contributed by atoms with Gasteiger partial charge >= 0.3 is 0 Å². The lowest BCUT2D eigenvalue weighted by molar-refractivity contribution is -0.125. The second-order valence-corrected chi connectivity index (χ2v) is 5.98. The van der Waals surface area contributed by atoms with Crippen molar-refractivity contribution >= 4 is 17.7 Å². The summed E-state index contributed by atoms with van der Waals surface area (Å²) in [4.78, 5) is 13.1. The van der Waals surface area contributed by atoms with E-state index in [9.17, 15) is 9.18 Å². The Balaban J connectivity index is 2.11. The number of hydrogen-bond acceptors (Lipinski definition) is 3. The normalized spacial score (nSPS) is 19.6. The summed E-state index contributed by atoms with van der Waals surface area (Å²) < 4.78 is 13.4. The highest BCUT2D eigenvalue weighted by atomic mass is 32.2. The highest BCUT2D eigenvalue weighted by Crippen LogP contribution is 2.36. The molecule has 2 N–H and O–H groups in total. The molecule has 0 aromatic heterocycles. The van der Waals surface area contributed by atoms with E-state index >= 15 is 0 Å². The fraction of sp³-hybridized carbons (Fsp3) is 0.500. The van der Waals surface area contributed by atoms with Crippen LogP contribution in [-0.4, -0.2) is 25.3 Å². The Hall–Kier alpha value is -1.07. The SMILES string of the molecule is CNCC(C)C(=O)NC1CCSc2ccc(F)cc21. The molecule has 1 aliphatic rings. The zero-order valence-electron chi connectivity index (χ0n) is 11.2. The van der Waals surface area contributed by atoms with E-state index in [1.54, 1.807) is 17.8 Å². The predicted octanol–water partition coefficient (Wildman–Crippen LogP) is 2.33. The smallest absolute Gasteiger partial charge is 0.224 e. The highest BCUT2D eigenvalue weighted by Gasteiger charge is 2.24. The number of carbonyl (C=O) groups is 1. The fourth-order valence-electron chi connectivity index (χ4n) is 2.23. The maximum atomic E-state index is 13.4. The molecule has 1 aromatic carbocycles. The van der Waals surface area contributed by atoms with Gasteiger partial charge in [-0.1, -0.05) is 6.92 Å². The van der Waals surface area contributed by atoms with Crippen molar-refractivity contribution in [2.75, 3.05) is 19.3 Å². The van der Waals surface area contributed by atoms with Crippen LogP contribution < -0.4 is 10.6 Å². The maximum Gasteiger partial charge on any atom is 0.224 e. The molecule has 2 atom stereocenters. The molecule has 0 spiro atoms. The van der Waals surface area contributed by atoms with Crippen molar-refractivity contribution in [3.05, 3.63) is 29.6 Å². The highest BCUT2D eigenvalue weighted by molar-refractivity contribution is 7.99. The Morgan fingerprint density at radius 2 is 2.37 bits per heavy atom. The van der Waals surface area contributed by atoms with Crippen LogP contribution in [0.1, 0.15) is 24.9 Å². The molecule has 1 aromatic rings. The number of halogens is 1. The molecular formula is C14H19FN2OS. The first kappa shape index (κ1) is 14.3. The lowest BCUT2D eigenvalue weighted by Gasteiger charge is -2.27. The summed E-state index contributed by atoms with van der Waals surface area (Å²) in [5.74, 6) is 0.631.